The first kappa shape index (κ1) is 15.2. The number of hydrogen-bond acceptors (Lipinski definition) is 4. The Morgan fingerprint density at radius 3 is 2.70 bits per heavy atom. The summed E-state index contributed by atoms with van der Waals surface area (Å²) in [4.78, 5) is 1.37. The van der Waals surface area contributed by atoms with Gasteiger partial charge in [0.05, 0.1) is 4.90 Å². The molecular weight excluding hydrogens is 292 g/mol. The van der Waals surface area contributed by atoms with Crippen molar-refractivity contribution in [1.29, 1.82) is 0 Å². The van der Waals surface area contributed by atoms with Gasteiger partial charge in [-0.2, -0.15) is 4.31 Å². The highest BCUT2D eigenvalue weighted by Gasteiger charge is 2.21. The second kappa shape index (κ2) is 6.49. The van der Waals surface area contributed by atoms with Crippen LogP contribution in [0.3, 0.4) is 0 Å². The van der Waals surface area contributed by atoms with Crippen LogP contribution in [-0.4, -0.2) is 26.8 Å². The first-order valence-corrected chi connectivity index (χ1v) is 8.58. The highest BCUT2D eigenvalue weighted by molar-refractivity contribution is 7.89. The third-order valence-electron chi connectivity index (χ3n) is 2.95. The summed E-state index contributed by atoms with van der Waals surface area (Å²) in [6, 6.07) is 10.9. The number of nitrogens with one attached hydrogen (secondary N) is 1. The smallest absolute Gasteiger partial charge is 0.243 e. The van der Waals surface area contributed by atoms with E-state index in [1.807, 2.05) is 30.6 Å². The van der Waals surface area contributed by atoms with Crippen molar-refractivity contribution in [2.45, 2.75) is 18.0 Å². The quantitative estimate of drug-likeness (QED) is 0.890. The van der Waals surface area contributed by atoms with Crippen LogP contribution in [0.25, 0.3) is 0 Å². The number of hydrogen-bond donors (Lipinski definition) is 1. The molecule has 4 nitrogen and oxygen atoms in total. The van der Waals surface area contributed by atoms with E-state index in [4.69, 9.17) is 0 Å². The number of rotatable bonds is 6. The molecule has 0 bridgehead atoms. The van der Waals surface area contributed by atoms with E-state index < -0.39 is 10.0 Å². The van der Waals surface area contributed by atoms with E-state index in [-0.39, 0.29) is 0 Å². The van der Waals surface area contributed by atoms with E-state index in [1.165, 1.54) is 4.31 Å². The van der Waals surface area contributed by atoms with Gasteiger partial charge in [-0.25, -0.2) is 8.42 Å². The molecule has 1 aromatic heterocycles. The van der Waals surface area contributed by atoms with Gasteiger partial charge in [-0.1, -0.05) is 18.2 Å². The van der Waals surface area contributed by atoms with Crippen LogP contribution in [0.15, 0.2) is 46.7 Å². The third kappa shape index (κ3) is 3.46. The molecule has 0 radical (unpaired) electrons. The van der Waals surface area contributed by atoms with Crippen molar-refractivity contribution < 1.29 is 8.42 Å². The molecule has 0 atom stereocenters. The standard InChI is InChI=1S/C14H18N2O2S2/c1-15-10-12-5-3-7-14(9-12)20(17,18)16(2)11-13-6-4-8-19-13/h3-9,15H,10-11H2,1-2H3. The SMILES string of the molecule is CNCc1cccc(S(=O)(=O)N(C)Cc2cccs2)c1. The van der Waals surface area contributed by atoms with Crippen LogP contribution >= 0.6 is 11.3 Å². The monoisotopic (exact) mass is 310 g/mol. The summed E-state index contributed by atoms with van der Waals surface area (Å²) < 4.78 is 26.4. The Hall–Kier alpha value is -1.21. The Bertz CT molecular complexity index is 652. The fraction of sp³-hybridized carbons (Fsp3) is 0.286. The summed E-state index contributed by atoms with van der Waals surface area (Å²) in [7, 11) is 0.00464. The van der Waals surface area contributed by atoms with Gasteiger partial charge in [0.1, 0.15) is 0 Å². The summed E-state index contributed by atoms with van der Waals surface area (Å²) in [6.45, 7) is 1.05. The average Bonchev–Trinajstić information content (AvgIpc) is 2.92. The number of thiophene rings is 1. The van der Waals surface area contributed by atoms with E-state index in [9.17, 15) is 8.42 Å². The second-order valence-electron chi connectivity index (χ2n) is 4.52. The summed E-state index contributed by atoms with van der Waals surface area (Å²) in [6.07, 6.45) is 0. The van der Waals surface area contributed by atoms with E-state index in [0.29, 0.717) is 18.0 Å². The molecule has 6 heteroatoms. The van der Waals surface area contributed by atoms with Crippen molar-refractivity contribution in [3.63, 3.8) is 0 Å². The Morgan fingerprint density at radius 1 is 1.25 bits per heavy atom. The van der Waals surface area contributed by atoms with Crippen molar-refractivity contribution in [1.82, 2.24) is 9.62 Å². The summed E-state index contributed by atoms with van der Waals surface area (Å²) in [5.41, 5.74) is 0.957. The Kier molecular flexibility index (Phi) is 4.93. The normalized spacial score (nSPS) is 11.9. The van der Waals surface area contributed by atoms with Gasteiger partial charge >= 0.3 is 0 Å². The Morgan fingerprint density at radius 2 is 2.05 bits per heavy atom. The van der Waals surface area contributed by atoms with Crippen molar-refractivity contribution in [2.75, 3.05) is 14.1 Å². The number of sulfonamides is 1. The largest absolute Gasteiger partial charge is 0.316 e. The lowest BCUT2D eigenvalue weighted by Gasteiger charge is -2.17. The maximum absolute atomic E-state index is 12.5. The average molecular weight is 310 g/mol. The van der Waals surface area contributed by atoms with Crippen LogP contribution in [0.1, 0.15) is 10.4 Å². The van der Waals surface area contributed by atoms with E-state index in [0.717, 1.165) is 10.4 Å². The topological polar surface area (TPSA) is 49.4 Å². The van der Waals surface area contributed by atoms with Gasteiger partial charge in [0, 0.05) is 25.0 Å². The molecule has 0 spiro atoms. The molecular formula is C14H18N2O2S2. The van der Waals surface area contributed by atoms with Gasteiger partial charge in [0.15, 0.2) is 0 Å². The summed E-state index contributed by atoms with van der Waals surface area (Å²) >= 11 is 1.56. The molecule has 0 fully saturated rings. The highest BCUT2D eigenvalue weighted by atomic mass is 32.2. The van der Waals surface area contributed by atoms with Crippen LogP contribution in [0.4, 0.5) is 0 Å². The highest BCUT2D eigenvalue weighted by Crippen LogP contribution is 2.19. The zero-order chi connectivity index (χ0) is 14.6. The molecule has 0 aliphatic rings. The maximum atomic E-state index is 12.5. The van der Waals surface area contributed by atoms with Gasteiger partial charge in [-0.3, -0.25) is 0 Å². The zero-order valence-corrected chi connectivity index (χ0v) is 13.2. The lowest BCUT2D eigenvalue weighted by molar-refractivity contribution is 0.469. The van der Waals surface area contributed by atoms with Gasteiger partial charge in [-0.05, 0) is 36.2 Å². The molecule has 0 aliphatic carbocycles. The first-order valence-electron chi connectivity index (χ1n) is 6.26. The van der Waals surface area contributed by atoms with Gasteiger partial charge in [-0.15, -0.1) is 11.3 Å². The van der Waals surface area contributed by atoms with Gasteiger partial charge in [0.2, 0.25) is 10.0 Å². The van der Waals surface area contributed by atoms with E-state index >= 15 is 0 Å². The van der Waals surface area contributed by atoms with Crippen molar-refractivity contribution in [3.05, 3.63) is 52.2 Å². The molecule has 20 heavy (non-hydrogen) atoms. The molecule has 0 saturated carbocycles. The molecule has 1 N–H and O–H groups in total. The molecule has 0 unspecified atom stereocenters. The van der Waals surface area contributed by atoms with Gasteiger partial charge in [0.25, 0.3) is 0 Å². The molecule has 0 aliphatic heterocycles. The van der Waals surface area contributed by atoms with Crippen LogP contribution in [0, 0.1) is 0 Å². The third-order valence-corrected chi connectivity index (χ3v) is 5.61. The van der Waals surface area contributed by atoms with E-state index in [2.05, 4.69) is 5.32 Å². The maximum Gasteiger partial charge on any atom is 0.243 e. The minimum absolute atomic E-state index is 0.337. The molecule has 108 valence electrons. The molecule has 2 rings (SSSR count). The molecule has 0 amide bonds. The summed E-state index contributed by atoms with van der Waals surface area (Å²) in [5.74, 6) is 0. The zero-order valence-electron chi connectivity index (χ0n) is 11.5. The Balaban J connectivity index is 2.22. The van der Waals surface area contributed by atoms with Crippen LogP contribution < -0.4 is 5.32 Å². The van der Waals surface area contributed by atoms with Crippen molar-refractivity contribution in [3.8, 4) is 0 Å². The van der Waals surface area contributed by atoms with Crippen LogP contribution in [-0.2, 0) is 23.1 Å². The minimum atomic E-state index is -3.44. The molecule has 1 heterocycles. The fourth-order valence-electron chi connectivity index (χ4n) is 1.91. The second-order valence-corrected chi connectivity index (χ2v) is 7.60. The fourth-order valence-corrected chi connectivity index (χ4v) is 3.97. The van der Waals surface area contributed by atoms with E-state index in [1.54, 1.807) is 36.6 Å². The Labute approximate surface area is 124 Å². The molecule has 2 aromatic rings. The summed E-state index contributed by atoms with van der Waals surface area (Å²) in [5, 5.41) is 4.97. The first-order chi connectivity index (χ1) is 9.54. The van der Waals surface area contributed by atoms with Crippen molar-refractivity contribution >= 4 is 21.4 Å². The predicted octanol–water partition coefficient (Wildman–Crippen LogP) is 2.29. The number of benzene rings is 1. The molecule has 1 aromatic carbocycles. The van der Waals surface area contributed by atoms with Gasteiger partial charge < -0.3 is 5.32 Å². The lowest BCUT2D eigenvalue weighted by atomic mass is 10.2. The van der Waals surface area contributed by atoms with Crippen molar-refractivity contribution in [2.24, 2.45) is 0 Å². The lowest BCUT2D eigenvalue weighted by Crippen LogP contribution is -2.26. The predicted molar refractivity (Wildman–Crippen MR) is 82.2 cm³/mol. The van der Waals surface area contributed by atoms with Crippen LogP contribution in [0.2, 0.25) is 0 Å². The minimum Gasteiger partial charge on any atom is -0.316 e. The molecule has 0 saturated heterocycles. The number of nitrogens with zero attached hydrogens (tertiary/aromatic N) is 1. The van der Waals surface area contributed by atoms with Crippen LogP contribution in [0.5, 0.6) is 0 Å².